The molecule has 0 aliphatic heterocycles. The Kier molecular flexibility index (Phi) is 3.89. The molecule has 6 heteroatoms. The van der Waals surface area contributed by atoms with Gasteiger partial charge in [-0.1, -0.05) is 10.3 Å². The Morgan fingerprint density at radius 2 is 1.17 bits per heavy atom. The molecule has 0 amide bonds. The van der Waals surface area contributed by atoms with Crippen LogP contribution in [0, 0.1) is 13.8 Å². The van der Waals surface area contributed by atoms with Gasteiger partial charge in [0, 0.05) is 33.3 Å². The summed E-state index contributed by atoms with van der Waals surface area (Å²) in [6, 6.07) is 7.85. The van der Waals surface area contributed by atoms with Gasteiger partial charge < -0.3 is 10.4 Å². The second-order valence-corrected chi connectivity index (χ2v) is 5.85. The number of aromatic nitrogens is 2. The second kappa shape index (κ2) is 5.88. The van der Waals surface area contributed by atoms with E-state index in [1.807, 2.05) is 38.1 Å². The quantitative estimate of drug-likeness (QED) is 0.325. The van der Waals surface area contributed by atoms with Gasteiger partial charge in [-0.25, -0.2) is 0 Å². The Morgan fingerprint density at radius 1 is 0.750 bits per heavy atom. The molecule has 0 saturated carbocycles. The summed E-state index contributed by atoms with van der Waals surface area (Å²) in [6.45, 7) is 7.25. The number of hydrogen-bond donors (Lipinski definition) is 2. The maximum absolute atomic E-state index is 9.02. The van der Waals surface area contributed by atoms with Crippen molar-refractivity contribution in [2.75, 3.05) is 0 Å². The lowest BCUT2D eigenvalue weighted by Crippen LogP contribution is -2.02. The van der Waals surface area contributed by atoms with Gasteiger partial charge in [0.05, 0.1) is 22.5 Å². The SMILES string of the molecule is C/C(=N\O)c1cc2cc3cc(/C(C)=N/O)c(C)nc3cc2nc1C. The molecule has 1 aromatic carbocycles. The third kappa shape index (κ3) is 2.56. The Morgan fingerprint density at radius 3 is 1.54 bits per heavy atom. The van der Waals surface area contributed by atoms with E-state index < -0.39 is 0 Å². The fourth-order valence-corrected chi connectivity index (χ4v) is 2.88. The fourth-order valence-electron chi connectivity index (χ4n) is 2.88. The Hall–Kier alpha value is -3.02. The molecule has 3 rings (SSSR count). The first kappa shape index (κ1) is 15.9. The number of benzene rings is 1. The summed E-state index contributed by atoms with van der Waals surface area (Å²) in [6.07, 6.45) is 0. The molecule has 6 nitrogen and oxygen atoms in total. The average Bonchev–Trinajstić information content (AvgIpc) is 2.57. The Balaban J connectivity index is 2.32. The predicted octanol–water partition coefficient (Wildman–Crippen LogP) is 3.80. The average molecular weight is 322 g/mol. The molecule has 2 N–H and O–H groups in total. The minimum Gasteiger partial charge on any atom is -0.411 e. The fraction of sp³-hybridized carbons (Fsp3) is 0.222. The molecule has 122 valence electrons. The molecular formula is C18H18N4O2. The number of nitrogens with zero attached hydrogens (tertiary/aromatic N) is 4. The van der Waals surface area contributed by atoms with E-state index in [4.69, 9.17) is 10.4 Å². The molecular weight excluding hydrogens is 304 g/mol. The van der Waals surface area contributed by atoms with Crippen LogP contribution < -0.4 is 0 Å². The molecule has 0 radical (unpaired) electrons. The molecule has 0 aliphatic rings. The van der Waals surface area contributed by atoms with Crippen LogP contribution in [0.4, 0.5) is 0 Å². The Labute approximate surface area is 139 Å². The van der Waals surface area contributed by atoms with Crippen molar-refractivity contribution in [3.05, 3.63) is 46.8 Å². The van der Waals surface area contributed by atoms with Crippen LogP contribution in [0.1, 0.15) is 36.4 Å². The van der Waals surface area contributed by atoms with Crippen molar-refractivity contribution in [3.63, 3.8) is 0 Å². The van der Waals surface area contributed by atoms with Gasteiger partial charge in [0.15, 0.2) is 0 Å². The molecule has 0 spiro atoms. The highest BCUT2D eigenvalue weighted by atomic mass is 16.4. The first-order valence-electron chi connectivity index (χ1n) is 7.55. The van der Waals surface area contributed by atoms with Crippen molar-refractivity contribution in [2.24, 2.45) is 10.3 Å². The summed E-state index contributed by atoms with van der Waals surface area (Å²) in [5, 5.41) is 26.5. The largest absolute Gasteiger partial charge is 0.411 e. The first-order valence-corrected chi connectivity index (χ1v) is 7.55. The van der Waals surface area contributed by atoms with Crippen LogP contribution in [0.25, 0.3) is 21.8 Å². The van der Waals surface area contributed by atoms with Gasteiger partial charge >= 0.3 is 0 Å². The molecule has 2 heterocycles. The monoisotopic (exact) mass is 322 g/mol. The van der Waals surface area contributed by atoms with E-state index in [0.717, 1.165) is 44.3 Å². The molecule has 0 bridgehead atoms. The zero-order chi connectivity index (χ0) is 17.4. The van der Waals surface area contributed by atoms with Gasteiger partial charge in [0.1, 0.15) is 0 Å². The standard InChI is InChI=1S/C18H18N4O2/c1-9-15(11(3)21-23)6-13-5-14-7-16(12(4)22-24)10(2)20-18(14)8-17(13)19-9/h5-8,23-24H,1-4H3/b21-11+,22-12+. The number of fused-ring (bicyclic) bond motifs is 2. The third-order valence-corrected chi connectivity index (χ3v) is 4.21. The molecule has 0 unspecified atom stereocenters. The van der Waals surface area contributed by atoms with Crippen molar-refractivity contribution in [2.45, 2.75) is 27.7 Å². The minimum atomic E-state index is 0.521. The van der Waals surface area contributed by atoms with Crippen molar-refractivity contribution >= 4 is 33.2 Å². The minimum absolute atomic E-state index is 0.521. The number of pyridine rings is 2. The molecule has 24 heavy (non-hydrogen) atoms. The first-order chi connectivity index (χ1) is 11.4. The predicted molar refractivity (Wildman–Crippen MR) is 94.5 cm³/mol. The lowest BCUT2D eigenvalue weighted by molar-refractivity contribution is 0.319. The van der Waals surface area contributed by atoms with Crippen molar-refractivity contribution in [3.8, 4) is 0 Å². The van der Waals surface area contributed by atoms with E-state index in [0.29, 0.717) is 11.4 Å². The van der Waals surface area contributed by atoms with Crippen molar-refractivity contribution in [1.29, 1.82) is 0 Å². The number of hydrogen-bond acceptors (Lipinski definition) is 6. The molecule has 0 fully saturated rings. The molecule has 2 aromatic heterocycles. The van der Waals surface area contributed by atoms with Crippen LogP contribution in [-0.2, 0) is 0 Å². The zero-order valence-corrected chi connectivity index (χ0v) is 14.0. The van der Waals surface area contributed by atoms with Crippen molar-refractivity contribution < 1.29 is 10.4 Å². The summed E-state index contributed by atoms with van der Waals surface area (Å²) < 4.78 is 0. The summed E-state index contributed by atoms with van der Waals surface area (Å²) in [5.41, 5.74) is 5.92. The van der Waals surface area contributed by atoms with Gasteiger partial charge in [-0.15, -0.1) is 0 Å². The highest BCUT2D eigenvalue weighted by Gasteiger charge is 2.11. The summed E-state index contributed by atoms with van der Waals surface area (Å²) in [5.74, 6) is 0. The number of oxime groups is 2. The lowest BCUT2D eigenvalue weighted by atomic mass is 10.0. The summed E-state index contributed by atoms with van der Waals surface area (Å²) in [7, 11) is 0. The molecule has 0 saturated heterocycles. The third-order valence-electron chi connectivity index (χ3n) is 4.21. The van der Waals surface area contributed by atoms with E-state index in [9.17, 15) is 0 Å². The smallest absolute Gasteiger partial charge is 0.0855 e. The molecule has 3 aromatic rings. The highest BCUT2D eigenvalue weighted by Crippen LogP contribution is 2.25. The topological polar surface area (TPSA) is 91.0 Å². The van der Waals surface area contributed by atoms with Crippen LogP contribution in [0.5, 0.6) is 0 Å². The number of rotatable bonds is 2. The van der Waals surface area contributed by atoms with Crippen LogP contribution in [0.2, 0.25) is 0 Å². The van der Waals surface area contributed by atoms with E-state index in [1.54, 1.807) is 13.8 Å². The normalized spacial score (nSPS) is 13.0. The summed E-state index contributed by atoms with van der Waals surface area (Å²) >= 11 is 0. The van der Waals surface area contributed by atoms with Gasteiger partial charge in [0.2, 0.25) is 0 Å². The van der Waals surface area contributed by atoms with E-state index >= 15 is 0 Å². The highest BCUT2D eigenvalue weighted by molar-refractivity contribution is 6.06. The lowest BCUT2D eigenvalue weighted by Gasteiger charge is -2.10. The van der Waals surface area contributed by atoms with Crippen LogP contribution in [0.15, 0.2) is 34.6 Å². The second-order valence-electron chi connectivity index (χ2n) is 5.85. The van der Waals surface area contributed by atoms with E-state index in [1.165, 1.54) is 0 Å². The van der Waals surface area contributed by atoms with Gasteiger partial charge in [-0.2, -0.15) is 0 Å². The maximum atomic E-state index is 9.02. The van der Waals surface area contributed by atoms with Crippen LogP contribution in [0.3, 0.4) is 0 Å². The van der Waals surface area contributed by atoms with Crippen LogP contribution in [-0.4, -0.2) is 31.8 Å². The van der Waals surface area contributed by atoms with Crippen molar-refractivity contribution in [1.82, 2.24) is 9.97 Å². The van der Waals surface area contributed by atoms with E-state index in [2.05, 4.69) is 20.3 Å². The van der Waals surface area contributed by atoms with E-state index in [-0.39, 0.29) is 0 Å². The van der Waals surface area contributed by atoms with Crippen LogP contribution >= 0.6 is 0 Å². The van der Waals surface area contributed by atoms with Gasteiger partial charge in [-0.3, -0.25) is 9.97 Å². The molecule has 0 aliphatic carbocycles. The maximum Gasteiger partial charge on any atom is 0.0855 e. The molecule has 0 atom stereocenters. The summed E-state index contributed by atoms with van der Waals surface area (Å²) in [4.78, 5) is 9.20. The van der Waals surface area contributed by atoms with Gasteiger partial charge in [0.25, 0.3) is 0 Å². The Bertz CT molecular complexity index is 944. The van der Waals surface area contributed by atoms with Gasteiger partial charge in [-0.05, 0) is 52.0 Å². The zero-order valence-electron chi connectivity index (χ0n) is 14.0. The number of aryl methyl sites for hydroxylation is 2.